The van der Waals surface area contributed by atoms with E-state index >= 15 is 0 Å². The first-order valence-corrected chi connectivity index (χ1v) is 6.27. The highest BCUT2D eigenvalue weighted by Crippen LogP contribution is 2.20. The summed E-state index contributed by atoms with van der Waals surface area (Å²) in [4.78, 5) is 13.2. The van der Waals surface area contributed by atoms with Gasteiger partial charge in [-0.15, -0.1) is 6.58 Å². The van der Waals surface area contributed by atoms with Crippen LogP contribution < -0.4 is 0 Å². The molecule has 2 nitrogen and oxygen atoms in total. The lowest BCUT2D eigenvalue weighted by atomic mass is 10.1. The fraction of sp³-hybridized carbons (Fsp3) is 0.308. The Morgan fingerprint density at radius 1 is 1.44 bits per heavy atom. The third kappa shape index (κ3) is 3.63. The van der Waals surface area contributed by atoms with E-state index in [1.165, 1.54) is 11.9 Å². The van der Waals surface area contributed by atoms with Crippen LogP contribution >= 0.6 is 15.9 Å². The number of hydrogen-bond donors (Lipinski definition) is 0. The first kappa shape index (κ1) is 14.8. The lowest BCUT2D eigenvalue weighted by molar-refractivity contribution is 0.0784. The molecule has 0 aliphatic heterocycles. The first-order chi connectivity index (χ1) is 8.47. The molecule has 98 valence electrons. The molecule has 0 heterocycles. The van der Waals surface area contributed by atoms with Crippen LogP contribution in [0.15, 0.2) is 29.3 Å². The monoisotopic (exact) mass is 317 g/mol. The van der Waals surface area contributed by atoms with Gasteiger partial charge in [-0.1, -0.05) is 22.0 Å². The summed E-state index contributed by atoms with van der Waals surface area (Å²) in [5.74, 6) is -2.37. The van der Waals surface area contributed by atoms with Gasteiger partial charge in [0.05, 0.1) is 0 Å². The number of halogens is 3. The van der Waals surface area contributed by atoms with Crippen molar-refractivity contribution >= 4 is 21.8 Å². The van der Waals surface area contributed by atoms with Crippen LogP contribution in [0.25, 0.3) is 0 Å². The van der Waals surface area contributed by atoms with Gasteiger partial charge in [-0.05, 0) is 25.0 Å². The van der Waals surface area contributed by atoms with Gasteiger partial charge in [0.15, 0.2) is 0 Å². The van der Waals surface area contributed by atoms with Crippen molar-refractivity contribution in [1.82, 2.24) is 4.90 Å². The van der Waals surface area contributed by atoms with Crippen LogP contribution in [0.3, 0.4) is 0 Å². The van der Waals surface area contributed by atoms with Gasteiger partial charge in [0.1, 0.15) is 17.2 Å². The van der Waals surface area contributed by atoms with Crippen molar-refractivity contribution in [3.05, 3.63) is 46.5 Å². The van der Waals surface area contributed by atoms with E-state index in [-0.39, 0.29) is 4.47 Å². The highest BCUT2D eigenvalue weighted by atomic mass is 79.9. The van der Waals surface area contributed by atoms with Gasteiger partial charge in [0, 0.05) is 18.1 Å². The molecule has 0 N–H and O–H groups in total. The molecule has 0 unspecified atom stereocenters. The molecule has 1 amide bonds. The first-order valence-electron chi connectivity index (χ1n) is 5.48. The normalized spacial score (nSPS) is 10.2. The van der Waals surface area contributed by atoms with Crippen LogP contribution in [0.1, 0.15) is 23.2 Å². The molecule has 1 rings (SSSR count). The summed E-state index contributed by atoms with van der Waals surface area (Å²) in [6, 6.07) is 2.15. The average Bonchev–Trinajstić information content (AvgIpc) is 2.27. The molecule has 0 saturated heterocycles. The molecule has 18 heavy (non-hydrogen) atoms. The van der Waals surface area contributed by atoms with E-state index in [1.54, 1.807) is 6.08 Å². The summed E-state index contributed by atoms with van der Waals surface area (Å²) in [5, 5.41) is 0. The largest absolute Gasteiger partial charge is 0.342 e. The number of carbonyl (C=O) groups excluding carboxylic acids is 1. The van der Waals surface area contributed by atoms with Crippen molar-refractivity contribution in [3.8, 4) is 0 Å². The molecule has 0 aliphatic carbocycles. The Bertz CT molecular complexity index is 439. The maximum Gasteiger partial charge on any atom is 0.259 e. The number of amides is 1. The fourth-order valence-corrected chi connectivity index (χ4v) is 1.91. The average molecular weight is 318 g/mol. The fourth-order valence-electron chi connectivity index (χ4n) is 1.51. The van der Waals surface area contributed by atoms with Crippen molar-refractivity contribution in [1.29, 1.82) is 0 Å². The number of hydrogen-bond acceptors (Lipinski definition) is 1. The van der Waals surface area contributed by atoms with E-state index in [2.05, 4.69) is 22.5 Å². The van der Waals surface area contributed by atoms with Gasteiger partial charge in [0.2, 0.25) is 0 Å². The summed E-state index contributed by atoms with van der Waals surface area (Å²) in [6.45, 7) is 4.00. The molecule has 1 aromatic rings. The second-order valence-corrected chi connectivity index (χ2v) is 4.82. The van der Waals surface area contributed by atoms with E-state index in [4.69, 9.17) is 0 Å². The second kappa shape index (κ2) is 6.64. The molecule has 0 bridgehead atoms. The van der Waals surface area contributed by atoms with Crippen molar-refractivity contribution in [2.45, 2.75) is 12.8 Å². The van der Waals surface area contributed by atoms with Crippen LogP contribution in [0.2, 0.25) is 0 Å². The Kier molecular flexibility index (Phi) is 5.47. The van der Waals surface area contributed by atoms with E-state index in [9.17, 15) is 13.6 Å². The summed E-state index contributed by atoms with van der Waals surface area (Å²) >= 11 is 2.97. The molecular formula is C13H14BrF2NO. The Balaban J connectivity index is 2.86. The van der Waals surface area contributed by atoms with Gasteiger partial charge >= 0.3 is 0 Å². The van der Waals surface area contributed by atoms with Crippen LogP contribution in [0, 0.1) is 11.6 Å². The number of nitrogens with zero attached hydrogens (tertiary/aromatic N) is 1. The minimum Gasteiger partial charge on any atom is -0.342 e. The molecular weight excluding hydrogens is 304 g/mol. The molecule has 0 spiro atoms. The van der Waals surface area contributed by atoms with Crippen LogP contribution in [0.4, 0.5) is 8.78 Å². The molecule has 1 aromatic carbocycles. The number of benzene rings is 1. The van der Waals surface area contributed by atoms with Gasteiger partial charge in [-0.25, -0.2) is 8.78 Å². The molecule has 0 aromatic heterocycles. The molecule has 0 fully saturated rings. The van der Waals surface area contributed by atoms with Crippen LogP contribution in [-0.2, 0) is 0 Å². The van der Waals surface area contributed by atoms with Crippen molar-refractivity contribution in [3.63, 3.8) is 0 Å². The zero-order valence-corrected chi connectivity index (χ0v) is 11.6. The predicted molar refractivity (Wildman–Crippen MR) is 70.4 cm³/mol. The third-order valence-electron chi connectivity index (χ3n) is 2.47. The lowest BCUT2D eigenvalue weighted by Crippen LogP contribution is -2.29. The Morgan fingerprint density at radius 2 is 2.00 bits per heavy atom. The van der Waals surface area contributed by atoms with Crippen molar-refractivity contribution in [2.75, 3.05) is 13.6 Å². The minimum atomic E-state index is -0.859. The van der Waals surface area contributed by atoms with Gasteiger partial charge in [-0.3, -0.25) is 4.79 Å². The molecule has 0 aliphatic rings. The van der Waals surface area contributed by atoms with E-state index in [0.717, 1.165) is 18.6 Å². The summed E-state index contributed by atoms with van der Waals surface area (Å²) in [5.41, 5.74) is -0.515. The molecule has 0 saturated carbocycles. The number of unbranched alkanes of at least 4 members (excludes halogenated alkanes) is 1. The van der Waals surface area contributed by atoms with Gasteiger partial charge < -0.3 is 4.90 Å². The third-order valence-corrected chi connectivity index (χ3v) is 2.93. The highest BCUT2D eigenvalue weighted by Gasteiger charge is 2.21. The zero-order chi connectivity index (χ0) is 13.7. The highest BCUT2D eigenvalue weighted by molar-refractivity contribution is 9.10. The van der Waals surface area contributed by atoms with E-state index in [1.807, 2.05) is 0 Å². The SMILES string of the molecule is C=CCCCN(C)C(=O)c1c(F)cc(Br)cc1F. The smallest absolute Gasteiger partial charge is 0.259 e. The Hall–Kier alpha value is -1.23. The quantitative estimate of drug-likeness (QED) is 0.598. The maximum absolute atomic E-state index is 13.6. The maximum atomic E-state index is 13.6. The topological polar surface area (TPSA) is 20.3 Å². The molecule has 0 radical (unpaired) electrons. The zero-order valence-electron chi connectivity index (χ0n) is 10.0. The van der Waals surface area contributed by atoms with E-state index < -0.39 is 23.1 Å². The second-order valence-electron chi connectivity index (χ2n) is 3.90. The Morgan fingerprint density at radius 3 is 2.50 bits per heavy atom. The molecule has 5 heteroatoms. The van der Waals surface area contributed by atoms with Crippen LogP contribution in [-0.4, -0.2) is 24.4 Å². The van der Waals surface area contributed by atoms with Gasteiger partial charge in [-0.2, -0.15) is 0 Å². The van der Waals surface area contributed by atoms with Crippen molar-refractivity contribution < 1.29 is 13.6 Å². The lowest BCUT2D eigenvalue weighted by Gasteiger charge is -2.17. The Labute approximate surface area is 113 Å². The summed E-state index contributed by atoms with van der Waals surface area (Å²) < 4.78 is 27.4. The number of allylic oxidation sites excluding steroid dienone is 1. The van der Waals surface area contributed by atoms with Gasteiger partial charge in [0.25, 0.3) is 5.91 Å². The van der Waals surface area contributed by atoms with E-state index in [0.29, 0.717) is 13.0 Å². The molecule has 0 atom stereocenters. The predicted octanol–water partition coefficient (Wildman–Crippen LogP) is 3.77. The standard InChI is InChI=1S/C13H14BrF2NO/c1-3-4-5-6-17(2)13(18)12-10(15)7-9(14)8-11(12)16/h3,7-8H,1,4-6H2,2H3. The number of rotatable bonds is 5. The number of carbonyl (C=O) groups is 1. The summed E-state index contributed by atoms with van der Waals surface area (Å²) in [7, 11) is 1.52. The van der Waals surface area contributed by atoms with Crippen molar-refractivity contribution in [2.24, 2.45) is 0 Å². The van der Waals surface area contributed by atoms with Crippen LogP contribution in [0.5, 0.6) is 0 Å². The summed E-state index contributed by atoms with van der Waals surface area (Å²) in [6.07, 6.45) is 3.20. The minimum absolute atomic E-state index is 0.267.